The molecule has 32 heavy (non-hydrogen) atoms. The fourth-order valence-electron chi connectivity index (χ4n) is 3.84. The molecule has 1 aromatic carbocycles. The van der Waals surface area contributed by atoms with Gasteiger partial charge in [-0.2, -0.15) is 0 Å². The van der Waals surface area contributed by atoms with E-state index in [2.05, 4.69) is 23.8 Å². The highest BCUT2D eigenvalue weighted by Crippen LogP contribution is 2.21. The average Bonchev–Trinajstić information content (AvgIpc) is 2.83. The number of hydrogen-bond donors (Lipinski definition) is 0. The van der Waals surface area contributed by atoms with Crippen molar-refractivity contribution in [3.05, 3.63) is 42.2 Å². The van der Waals surface area contributed by atoms with Gasteiger partial charge in [0.15, 0.2) is 5.82 Å². The molecular weight excluding hydrogens is 399 g/mol. The van der Waals surface area contributed by atoms with Crippen LogP contribution in [0.15, 0.2) is 36.7 Å². The van der Waals surface area contributed by atoms with Crippen LogP contribution in [0.3, 0.4) is 0 Å². The summed E-state index contributed by atoms with van der Waals surface area (Å²) in [5, 5.41) is 0. The predicted octanol–water partition coefficient (Wildman–Crippen LogP) is 8.37. The summed E-state index contributed by atoms with van der Waals surface area (Å²) in [6.45, 7) is 6.46. The Balaban J connectivity index is 1.71. The largest absolute Gasteiger partial charge is 0.491 e. The summed E-state index contributed by atoms with van der Waals surface area (Å²) in [6.07, 6.45) is 17.7. The minimum absolute atomic E-state index is 0.0342. The van der Waals surface area contributed by atoms with E-state index in [0.717, 1.165) is 31.2 Å². The van der Waals surface area contributed by atoms with Gasteiger partial charge in [-0.1, -0.05) is 78.6 Å². The van der Waals surface area contributed by atoms with Crippen LogP contribution in [-0.4, -0.2) is 22.7 Å². The predicted molar refractivity (Wildman–Crippen MR) is 133 cm³/mol. The minimum atomic E-state index is -0.932. The van der Waals surface area contributed by atoms with Gasteiger partial charge < -0.3 is 4.74 Å². The van der Waals surface area contributed by atoms with E-state index >= 15 is 0 Å². The molecule has 0 aliphatic carbocycles. The van der Waals surface area contributed by atoms with E-state index in [0.29, 0.717) is 11.6 Å². The number of benzene rings is 1. The van der Waals surface area contributed by atoms with Crippen LogP contribution in [0.25, 0.3) is 11.4 Å². The normalized spacial score (nSPS) is 13.1. The maximum atomic E-state index is 14.2. The Kier molecular flexibility index (Phi) is 13.0. The Morgan fingerprint density at radius 3 is 2.03 bits per heavy atom. The molecule has 2 unspecified atom stereocenters. The van der Waals surface area contributed by atoms with Gasteiger partial charge >= 0.3 is 0 Å². The highest BCUT2D eigenvalue weighted by Gasteiger charge is 2.16. The molecule has 4 heteroatoms. The summed E-state index contributed by atoms with van der Waals surface area (Å²) in [5.74, 6) is 1.44. The third-order valence-electron chi connectivity index (χ3n) is 6.18. The smallest absolute Gasteiger partial charge is 0.159 e. The van der Waals surface area contributed by atoms with E-state index < -0.39 is 6.17 Å². The summed E-state index contributed by atoms with van der Waals surface area (Å²) in [6, 6.07) is 7.63. The first-order valence-corrected chi connectivity index (χ1v) is 12.8. The van der Waals surface area contributed by atoms with Gasteiger partial charge in [0.05, 0.1) is 0 Å². The fourth-order valence-corrected chi connectivity index (χ4v) is 3.84. The molecule has 0 fully saturated rings. The van der Waals surface area contributed by atoms with Crippen LogP contribution >= 0.6 is 0 Å². The van der Waals surface area contributed by atoms with Crippen LogP contribution in [0.5, 0.6) is 5.75 Å². The van der Waals surface area contributed by atoms with Gasteiger partial charge in [0.1, 0.15) is 18.5 Å². The van der Waals surface area contributed by atoms with Gasteiger partial charge in [-0.15, -0.1) is 0 Å². The monoisotopic (exact) mass is 442 g/mol. The molecule has 0 spiro atoms. The van der Waals surface area contributed by atoms with Crippen LogP contribution in [-0.2, 0) is 6.42 Å². The first-order valence-electron chi connectivity index (χ1n) is 12.8. The highest BCUT2D eigenvalue weighted by atomic mass is 19.1. The molecule has 0 bridgehead atoms. The number of nitrogens with zero attached hydrogens (tertiary/aromatic N) is 2. The van der Waals surface area contributed by atoms with Crippen molar-refractivity contribution in [1.29, 1.82) is 0 Å². The summed E-state index contributed by atoms with van der Waals surface area (Å²) >= 11 is 0. The van der Waals surface area contributed by atoms with Crippen LogP contribution in [0.1, 0.15) is 97.0 Å². The maximum absolute atomic E-state index is 14.2. The average molecular weight is 443 g/mol. The van der Waals surface area contributed by atoms with E-state index in [1.807, 2.05) is 43.6 Å². The SMILES string of the molecule is CCCCCCCCCCc1cnc(-c2ccc(OCC(F)C(C)CCCC)cc2)nc1. The standard InChI is InChI=1S/C28H43FN2O/c1-4-6-8-9-10-11-12-13-15-24-20-30-28(31-21-24)25-16-18-26(19-17-25)32-22-27(29)23(3)14-7-5-2/h16-21,23,27H,4-15,22H2,1-3H3. The van der Waals surface area contributed by atoms with E-state index in [9.17, 15) is 4.39 Å². The fraction of sp³-hybridized carbons (Fsp3) is 0.643. The molecule has 2 atom stereocenters. The second-order valence-electron chi connectivity index (χ2n) is 9.11. The first-order chi connectivity index (χ1) is 15.6. The number of unbranched alkanes of at least 4 members (excludes halogenated alkanes) is 8. The van der Waals surface area contributed by atoms with Crippen molar-refractivity contribution in [2.45, 2.75) is 104 Å². The van der Waals surface area contributed by atoms with E-state index in [1.165, 1.54) is 56.9 Å². The van der Waals surface area contributed by atoms with Crippen molar-refractivity contribution < 1.29 is 9.13 Å². The van der Waals surface area contributed by atoms with Gasteiger partial charge in [-0.25, -0.2) is 14.4 Å². The number of alkyl halides is 1. The van der Waals surface area contributed by atoms with Crippen LogP contribution in [0.4, 0.5) is 4.39 Å². The van der Waals surface area contributed by atoms with Gasteiger partial charge in [0, 0.05) is 18.0 Å². The Hall–Kier alpha value is -1.97. The zero-order chi connectivity index (χ0) is 23.0. The van der Waals surface area contributed by atoms with Gasteiger partial charge in [-0.05, 0) is 55.0 Å². The summed E-state index contributed by atoms with van der Waals surface area (Å²) in [7, 11) is 0. The second-order valence-corrected chi connectivity index (χ2v) is 9.11. The third-order valence-corrected chi connectivity index (χ3v) is 6.18. The molecule has 0 radical (unpaired) electrons. The van der Waals surface area contributed by atoms with Crippen molar-refractivity contribution in [3.63, 3.8) is 0 Å². The molecular formula is C28H43FN2O. The molecule has 3 nitrogen and oxygen atoms in total. The zero-order valence-corrected chi connectivity index (χ0v) is 20.5. The number of ether oxygens (including phenoxy) is 1. The Morgan fingerprint density at radius 1 is 0.812 bits per heavy atom. The van der Waals surface area contributed by atoms with Crippen molar-refractivity contribution in [3.8, 4) is 17.1 Å². The molecule has 0 saturated carbocycles. The molecule has 0 N–H and O–H groups in total. The lowest BCUT2D eigenvalue weighted by Crippen LogP contribution is -2.21. The Bertz CT molecular complexity index is 717. The molecule has 0 amide bonds. The zero-order valence-electron chi connectivity index (χ0n) is 20.5. The Labute approximate surface area is 195 Å². The van der Waals surface area contributed by atoms with Crippen molar-refractivity contribution in [2.75, 3.05) is 6.61 Å². The minimum Gasteiger partial charge on any atom is -0.491 e. The van der Waals surface area contributed by atoms with Gasteiger partial charge in [0.25, 0.3) is 0 Å². The Morgan fingerprint density at radius 2 is 1.41 bits per heavy atom. The molecule has 0 aliphatic rings. The van der Waals surface area contributed by atoms with Crippen molar-refractivity contribution in [2.24, 2.45) is 5.92 Å². The number of aromatic nitrogens is 2. The van der Waals surface area contributed by atoms with Crippen molar-refractivity contribution in [1.82, 2.24) is 9.97 Å². The number of hydrogen-bond acceptors (Lipinski definition) is 3. The molecule has 0 aliphatic heterocycles. The molecule has 1 heterocycles. The van der Waals surface area contributed by atoms with E-state index in [4.69, 9.17) is 4.74 Å². The topological polar surface area (TPSA) is 35.0 Å². The maximum Gasteiger partial charge on any atom is 0.159 e. The van der Waals surface area contributed by atoms with Crippen LogP contribution in [0.2, 0.25) is 0 Å². The summed E-state index contributed by atoms with van der Waals surface area (Å²) in [5.41, 5.74) is 2.15. The molecule has 0 saturated heterocycles. The summed E-state index contributed by atoms with van der Waals surface area (Å²) in [4.78, 5) is 9.08. The number of halogens is 1. The first kappa shape index (κ1) is 26.3. The van der Waals surface area contributed by atoms with E-state index in [1.54, 1.807) is 0 Å². The third kappa shape index (κ3) is 10.1. The van der Waals surface area contributed by atoms with Gasteiger partial charge in [-0.3, -0.25) is 0 Å². The molecule has 2 aromatic rings. The molecule has 1 aromatic heterocycles. The highest BCUT2D eigenvalue weighted by molar-refractivity contribution is 5.55. The summed E-state index contributed by atoms with van der Waals surface area (Å²) < 4.78 is 19.9. The quantitative estimate of drug-likeness (QED) is 0.231. The lowest BCUT2D eigenvalue weighted by molar-refractivity contribution is 0.142. The number of rotatable bonds is 17. The number of aryl methyl sites for hydroxylation is 1. The van der Waals surface area contributed by atoms with Crippen LogP contribution < -0.4 is 4.74 Å². The molecule has 2 rings (SSSR count). The van der Waals surface area contributed by atoms with Crippen LogP contribution in [0, 0.1) is 5.92 Å². The lowest BCUT2D eigenvalue weighted by Gasteiger charge is -2.17. The van der Waals surface area contributed by atoms with Crippen molar-refractivity contribution >= 4 is 0 Å². The lowest BCUT2D eigenvalue weighted by atomic mass is 10.00. The molecule has 178 valence electrons. The van der Waals surface area contributed by atoms with Gasteiger partial charge in [0.2, 0.25) is 0 Å². The van der Waals surface area contributed by atoms with E-state index in [-0.39, 0.29) is 12.5 Å². The second kappa shape index (κ2) is 15.8.